The third-order valence-corrected chi connectivity index (χ3v) is 6.81. The van der Waals surface area contributed by atoms with E-state index in [1.165, 1.54) is 5.56 Å². The Balaban J connectivity index is 1.47. The fraction of sp³-hybridized carbons (Fsp3) is 0.0714. The van der Waals surface area contributed by atoms with E-state index in [0.29, 0.717) is 11.1 Å². The second-order valence-corrected chi connectivity index (χ2v) is 8.77. The van der Waals surface area contributed by atoms with Gasteiger partial charge in [-0.2, -0.15) is 0 Å². The maximum absolute atomic E-state index is 9.00. The molecule has 0 atom stereocenters. The van der Waals surface area contributed by atoms with E-state index >= 15 is 0 Å². The quantitative estimate of drug-likeness (QED) is 0.325. The first-order chi connectivity index (χ1) is 16.4. The minimum absolute atomic E-state index is 0.223. The van der Waals surface area contributed by atoms with Crippen LogP contribution < -0.4 is 4.90 Å². The lowest BCUT2D eigenvalue weighted by molar-refractivity contribution is 0.738. The Morgan fingerprint density at radius 1 is 0.500 bits per heavy atom. The molecule has 34 heavy (non-hydrogen) atoms. The van der Waals surface area contributed by atoms with Gasteiger partial charge in [0.05, 0.1) is 0 Å². The summed E-state index contributed by atoms with van der Waals surface area (Å²) in [5, 5.41) is 36.6. The number of anilines is 1. The standard InChI is InChI=1S/C28H22N6/c1-15-3-5-16(6-4-15)17-7-9-18(10-8-17)34-27(31)21-13-11-19-23-20(26(30)33(2)25(19)29)12-14-22(24(21)23)28(34)32/h3-14,29-32H,1-2H3. The summed E-state index contributed by atoms with van der Waals surface area (Å²) in [5.74, 6) is 0.962. The molecule has 0 unspecified atom stereocenters. The van der Waals surface area contributed by atoms with Crippen molar-refractivity contribution in [2.24, 2.45) is 0 Å². The van der Waals surface area contributed by atoms with E-state index < -0.39 is 0 Å². The van der Waals surface area contributed by atoms with Crippen LogP contribution in [-0.2, 0) is 0 Å². The Bertz CT molecular complexity index is 1510. The van der Waals surface area contributed by atoms with Gasteiger partial charge in [-0.25, -0.2) is 0 Å². The van der Waals surface area contributed by atoms with Crippen LogP contribution in [0, 0.1) is 28.6 Å². The summed E-state index contributed by atoms with van der Waals surface area (Å²) in [6, 6.07) is 23.8. The number of aryl methyl sites for hydroxylation is 1. The monoisotopic (exact) mass is 442 g/mol. The van der Waals surface area contributed by atoms with Crippen LogP contribution >= 0.6 is 0 Å². The topological polar surface area (TPSA) is 102 Å². The molecule has 4 aromatic rings. The highest BCUT2D eigenvalue weighted by atomic mass is 15.2. The highest BCUT2D eigenvalue weighted by Crippen LogP contribution is 2.39. The molecule has 164 valence electrons. The van der Waals surface area contributed by atoms with Crippen LogP contribution in [0.4, 0.5) is 5.69 Å². The number of hydrogen-bond acceptors (Lipinski definition) is 4. The van der Waals surface area contributed by atoms with Gasteiger partial charge in [-0.3, -0.25) is 26.5 Å². The van der Waals surface area contributed by atoms with Crippen LogP contribution in [0.1, 0.15) is 27.8 Å². The average molecular weight is 443 g/mol. The highest BCUT2D eigenvalue weighted by Gasteiger charge is 2.34. The van der Waals surface area contributed by atoms with Crippen LogP contribution in [-0.4, -0.2) is 35.3 Å². The minimum atomic E-state index is 0.223. The Hall–Kier alpha value is -4.58. The number of benzene rings is 4. The number of rotatable bonds is 2. The van der Waals surface area contributed by atoms with Crippen LogP contribution in [0.15, 0.2) is 72.8 Å². The van der Waals surface area contributed by atoms with Gasteiger partial charge in [0.15, 0.2) is 0 Å². The second kappa shape index (κ2) is 6.96. The van der Waals surface area contributed by atoms with Gasteiger partial charge >= 0.3 is 0 Å². The molecular weight excluding hydrogens is 420 g/mol. The molecule has 2 aliphatic heterocycles. The molecule has 0 fully saturated rings. The van der Waals surface area contributed by atoms with E-state index in [1.54, 1.807) is 16.8 Å². The van der Waals surface area contributed by atoms with Crippen molar-refractivity contribution in [1.82, 2.24) is 4.90 Å². The maximum atomic E-state index is 9.00. The lowest BCUT2D eigenvalue weighted by Gasteiger charge is -2.35. The lowest BCUT2D eigenvalue weighted by Crippen LogP contribution is -2.42. The molecule has 0 bridgehead atoms. The van der Waals surface area contributed by atoms with Gasteiger partial charge in [0.25, 0.3) is 0 Å². The molecule has 6 heteroatoms. The van der Waals surface area contributed by atoms with Crippen molar-refractivity contribution >= 4 is 39.8 Å². The highest BCUT2D eigenvalue weighted by molar-refractivity contribution is 6.40. The van der Waals surface area contributed by atoms with Gasteiger partial charge in [0.2, 0.25) is 0 Å². The molecule has 0 saturated carbocycles. The van der Waals surface area contributed by atoms with E-state index in [0.717, 1.165) is 38.7 Å². The average Bonchev–Trinajstić information content (AvgIpc) is 2.85. The SMILES string of the molecule is Cc1ccc(-c2ccc(N3C(=N)c4ccc5c6c(ccc(c46)C3=N)C(=N)N(C)C5=N)cc2)cc1. The van der Waals surface area contributed by atoms with Gasteiger partial charge in [0, 0.05) is 45.8 Å². The van der Waals surface area contributed by atoms with Crippen molar-refractivity contribution in [2.45, 2.75) is 6.92 Å². The van der Waals surface area contributed by atoms with Crippen LogP contribution in [0.2, 0.25) is 0 Å². The van der Waals surface area contributed by atoms with Crippen molar-refractivity contribution in [1.29, 1.82) is 21.6 Å². The smallest absolute Gasteiger partial charge is 0.139 e. The van der Waals surface area contributed by atoms with E-state index in [9.17, 15) is 0 Å². The summed E-state index contributed by atoms with van der Waals surface area (Å²) in [4.78, 5) is 3.21. The molecule has 6 nitrogen and oxygen atoms in total. The lowest BCUT2D eigenvalue weighted by atomic mass is 9.85. The summed E-state index contributed by atoms with van der Waals surface area (Å²) in [5.41, 5.74) is 7.05. The van der Waals surface area contributed by atoms with Gasteiger partial charge in [0.1, 0.15) is 23.3 Å². The third-order valence-electron chi connectivity index (χ3n) is 6.81. The molecule has 0 saturated heterocycles. The van der Waals surface area contributed by atoms with Gasteiger partial charge in [-0.15, -0.1) is 0 Å². The van der Waals surface area contributed by atoms with Crippen molar-refractivity contribution in [2.75, 3.05) is 11.9 Å². The Morgan fingerprint density at radius 3 is 1.32 bits per heavy atom. The van der Waals surface area contributed by atoms with Crippen molar-refractivity contribution in [3.05, 3.63) is 101 Å². The number of nitrogens with one attached hydrogen (secondary N) is 4. The molecule has 0 radical (unpaired) electrons. The van der Waals surface area contributed by atoms with E-state index in [4.69, 9.17) is 21.6 Å². The van der Waals surface area contributed by atoms with E-state index in [-0.39, 0.29) is 23.3 Å². The Morgan fingerprint density at radius 2 is 0.882 bits per heavy atom. The predicted molar refractivity (Wildman–Crippen MR) is 138 cm³/mol. The fourth-order valence-corrected chi connectivity index (χ4v) is 4.92. The van der Waals surface area contributed by atoms with Gasteiger partial charge in [-0.1, -0.05) is 42.0 Å². The second-order valence-electron chi connectivity index (χ2n) is 8.77. The number of hydrogen-bond donors (Lipinski definition) is 4. The molecule has 6 rings (SSSR count). The van der Waals surface area contributed by atoms with Gasteiger partial charge in [-0.05, 0) is 54.4 Å². The Kier molecular flexibility index (Phi) is 4.10. The zero-order valence-electron chi connectivity index (χ0n) is 18.8. The number of amidine groups is 4. The summed E-state index contributed by atoms with van der Waals surface area (Å²) in [7, 11) is 1.72. The maximum Gasteiger partial charge on any atom is 0.139 e. The predicted octanol–water partition coefficient (Wildman–Crippen LogP) is 5.58. The zero-order chi connectivity index (χ0) is 23.7. The first kappa shape index (κ1) is 20.1. The summed E-state index contributed by atoms with van der Waals surface area (Å²) in [6.45, 7) is 2.07. The van der Waals surface area contributed by atoms with Crippen LogP contribution in [0.3, 0.4) is 0 Å². The minimum Gasteiger partial charge on any atom is -0.314 e. The van der Waals surface area contributed by atoms with Crippen molar-refractivity contribution in [3.63, 3.8) is 0 Å². The van der Waals surface area contributed by atoms with Crippen molar-refractivity contribution < 1.29 is 0 Å². The molecule has 0 amide bonds. The Labute approximate surface area is 197 Å². The zero-order valence-corrected chi connectivity index (χ0v) is 18.8. The normalized spacial score (nSPS) is 14.9. The molecule has 2 heterocycles. The van der Waals surface area contributed by atoms with Crippen molar-refractivity contribution in [3.8, 4) is 11.1 Å². The molecular formula is C28H22N6. The van der Waals surface area contributed by atoms with Gasteiger partial charge < -0.3 is 4.90 Å². The molecule has 4 N–H and O–H groups in total. The first-order valence-electron chi connectivity index (χ1n) is 11.0. The molecule has 2 aliphatic rings. The molecule has 0 aromatic heterocycles. The summed E-state index contributed by atoms with van der Waals surface area (Å²) >= 11 is 0. The summed E-state index contributed by atoms with van der Waals surface area (Å²) in [6.07, 6.45) is 0. The molecule has 0 spiro atoms. The van der Waals surface area contributed by atoms with E-state index in [2.05, 4.69) is 31.2 Å². The first-order valence-corrected chi connectivity index (χ1v) is 11.0. The largest absolute Gasteiger partial charge is 0.314 e. The molecule has 0 aliphatic carbocycles. The number of nitrogens with zero attached hydrogens (tertiary/aromatic N) is 2. The fourth-order valence-electron chi connectivity index (χ4n) is 4.92. The molecule has 4 aromatic carbocycles. The summed E-state index contributed by atoms with van der Waals surface area (Å²) < 4.78 is 0. The van der Waals surface area contributed by atoms with E-state index in [1.807, 2.05) is 48.5 Å². The third kappa shape index (κ3) is 2.62. The van der Waals surface area contributed by atoms with Crippen LogP contribution in [0.5, 0.6) is 0 Å². The van der Waals surface area contributed by atoms with Crippen LogP contribution in [0.25, 0.3) is 21.9 Å².